The largest absolute Gasteiger partial charge is 0.326 e. The van der Waals surface area contributed by atoms with Crippen LogP contribution in [0.3, 0.4) is 0 Å². The van der Waals surface area contributed by atoms with Crippen molar-refractivity contribution in [2.24, 2.45) is 11.8 Å². The van der Waals surface area contributed by atoms with Gasteiger partial charge in [-0.3, -0.25) is 9.59 Å². The lowest BCUT2D eigenvalue weighted by atomic mass is 10.1. The second kappa shape index (κ2) is 7.69. The van der Waals surface area contributed by atoms with E-state index in [1.54, 1.807) is 0 Å². The van der Waals surface area contributed by atoms with Crippen molar-refractivity contribution in [2.75, 3.05) is 18.4 Å². The molecule has 1 aromatic carbocycles. The Morgan fingerprint density at radius 3 is 2.32 bits per heavy atom. The third-order valence-corrected chi connectivity index (χ3v) is 2.88. The number of ketones is 1. The van der Waals surface area contributed by atoms with E-state index in [0.29, 0.717) is 13.1 Å². The van der Waals surface area contributed by atoms with Gasteiger partial charge in [-0.15, -0.1) is 0 Å². The van der Waals surface area contributed by atoms with Crippen LogP contribution in [0, 0.1) is 11.8 Å². The molecule has 0 radical (unpaired) electrons. The van der Waals surface area contributed by atoms with Gasteiger partial charge in [-0.2, -0.15) is 0 Å². The van der Waals surface area contributed by atoms with Gasteiger partial charge in [-0.05, 0) is 12.1 Å². The lowest BCUT2D eigenvalue weighted by Gasteiger charge is -2.13. The lowest BCUT2D eigenvalue weighted by Crippen LogP contribution is -2.34. The van der Waals surface area contributed by atoms with Crippen molar-refractivity contribution in [3.63, 3.8) is 0 Å². The van der Waals surface area contributed by atoms with Gasteiger partial charge in [0, 0.05) is 24.1 Å². The van der Waals surface area contributed by atoms with E-state index in [9.17, 15) is 9.59 Å². The molecule has 2 N–H and O–H groups in total. The topological polar surface area (TPSA) is 58.2 Å². The van der Waals surface area contributed by atoms with E-state index in [0.717, 1.165) is 5.69 Å². The van der Waals surface area contributed by atoms with Crippen LogP contribution in [0.2, 0.25) is 0 Å². The fourth-order valence-electron chi connectivity index (χ4n) is 1.50. The van der Waals surface area contributed by atoms with Gasteiger partial charge in [-0.25, -0.2) is 0 Å². The summed E-state index contributed by atoms with van der Waals surface area (Å²) in [5.74, 6) is -0.0347. The molecule has 0 heterocycles. The predicted molar refractivity (Wildman–Crippen MR) is 77.0 cm³/mol. The Morgan fingerprint density at radius 1 is 1.11 bits per heavy atom. The van der Waals surface area contributed by atoms with Crippen LogP contribution in [0.25, 0.3) is 0 Å². The molecule has 0 bridgehead atoms. The summed E-state index contributed by atoms with van der Waals surface area (Å²) in [4.78, 5) is 23.3. The Bertz CT molecular complexity index is 415. The van der Waals surface area contributed by atoms with E-state index >= 15 is 0 Å². The van der Waals surface area contributed by atoms with Crippen molar-refractivity contribution in [1.82, 2.24) is 5.32 Å². The Kier molecular flexibility index (Phi) is 6.22. The molecule has 1 amide bonds. The normalized spacial score (nSPS) is 12.2. The quantitative estimate of drug-likeness (QED) is 0.791. The zero-order valence-electron chi connectivity index (χ0n) is 11.8. The molecule has 1 aromatic rings. The third-order valence-electron chi connectivity index (χ3n) is 2.88. The molecule has 0 aliphatic rings. The van der Waals surface area contributed by atoms with Crippen molar-refractivity contribution in [1.29, 1.82) is 0 Å². The molecule has 0 fully saturated rings. The second-order valence-electron chi connectivity index (χ2n) is 5.01. The Morgan fingerprint density at radius 2 is 1.74 bits per heavy atom. The average molecular weight is 262 g/mol. The molecule has 1 atom stereocenters. The first-order valence-corrected chi connectivity index (χ1v) is 6.60. The number of Topliss-reactive ketones (excluding diaryl/α,β-unsaturated/α-hetero) is 1. The van der Waals surface area contributed by atoms with Gasteiger partial charge >= 0.3 is 0 Å². The van der Waals surface area contributed by atoms with E-state index in [1.807, 2.05) is 51.1 Å². The monoisotopic (exact) mass is 262 g/mol. The van der Waals surface area contributed by atoms with Gasteiger partial charge in [0.05, 0.1) is 6.54 Å². The molecular formula is C15H22N2O2. The first kappa shape index (κ1) is 15.4. The van der Waals surface area contributed by atoms with Crippen molar-refractivity contribution in [2.45, 2.75) is 20.8 Å². The average Bonchev–Trinajstić information content (AvgIpc) is 2.39. The minimum absolute atomic E-state index is 0.0287. The van der Waals surface area contributed by atoms with Gasteiger partial charge in [0.2, 0.25) is 5.91 Å². The van der Waals surface area contributed by atoms with Crippen LogP contribution < -0.4 is 10.6 Å². The number of nitrogens with one attached hydrogen (secondary N) is 2. The van der Waals surface area contributed by atoms with Crippen molar-refractivity contribution in [3.8, 4) is 0 Å². The predicted octanol–water partition coefficient (Wildman–Crippen LogP) is 2.08. The number of carbonyl (C=O) groups is 2. The number of rotatable bonds is 7. The summed E-state index contributed by atoms with van der Waals surface area (Å²) in [7, 11) is 0. The maximum absolute atomic E-state index is 11.9. The summed E-state index contributed by atoms with van der Waals surface area (Å²) in [5, 5.41) is 5.86. The molecule has 0 aliphatic heterocycles. The van der Waals surface area contributed by atoms with Gasteiger partial charge < -0.3 is 10.6 Å². The van der Waals surface area contributed by atoms with Gasteiger partial charge in [0.15, 0.2) is 0 Å². The smallest absolute Gasteiger partial charge is 0.228 e. The molecular weight excluding hydrogens is 240 g/mol. The standard InChI is InChI=1S/C15H22N2O2/c1-11(2)14(18)10-16-9-12(3)15(19)17-13-7-5-4-6-8-13/h4-8,11-12,16H,9-10H2,1-3H3,(H,17,19). The van der Waals surface area contributed by atoms with Crippen LogP contribution in [0.5, 0.6) is 0 Å². The molecule has 0 aromatic heterocycles. The maximum Gasteiger partial charge on any atom is 0.228 e. The highest BCUT2D eigenvalue weighted by molar-refractivity contribution is 5.92. The van der Waals surface area contributed by atoms with Gasteiger partial charge in [-0.1, -0.05) is 39.0 Å². The highest BCUT2D eigenvalue weighted by Crippen LogP contribution is 2.07. The SMILES string of the molecule is CC(C)C(=O)CNCC(C)C(=O)Nc1ccccc1. The molecule has 0 saturated carbocycles. The second-order valence-corrected chi connectivity index (χ2v) is 5.01. The number of hydrogen-bond donors (Lipinski definition) is 2. The molecule has 0 spiro atoms. The zero-order chi connectivity index (χ0) is 14.3. The highest BCUT2D eigenvalue weighted by atomic mass is 16.2. The first-order valence-electron chi connectivity index (χ1n) is 6.60. The van der Waals surface area contributed by atoms with Crippen molar-refractivity contribution >= 4 is 17.4 Å². The van der Waals surface area contributed by atoms with Crippen molar-refractivity contribution in [3.05, 3.63) is 30.3 Å². The van der Waals surface area contributed by atoms with Crippen LogP contribution in [0.1, 0.15) is 20.8 Å². The number of para-hydroxylation sites is 1. The van der Waals surface area contributed by atoms with Crippen LogP contribution in [0.4, 0.5) is 5.69 Å². The number of benzene rings is 1. The summed E-state index contributed by atoms with van der Waals surface area (Å²) >= 11 is 0. The Labute approximate surface area is 114 Å². The fourth-order valence-corrected chi connectivity index (χ4v) is 1.50. The van der Waals surface area contributed by atoms with Crippen LogP contribution >= 0.6 is 0 Å². The molecule has 0 aliphatic carbocycles. The van der Waals surface area contributed by atoms with Crippen LogP contribution in [0.15, 0.2) is 30.3 Å². The molecule has 19 heavy (non-hydrogen) atoms. The number of anilines is 1. The van der Waals surface area contributed by atoms with E-state index in [2.05, 4.69) is 10.6 Å². The van der Waals surface area contributed by atoms with E-state index in [4.69, 9.17) is 0 Å². The highest BCUT2D eigenvalue weighted by Gasteiger charge is 2.13. The molecule has 104 valence electrons. The van der Waals surface area contributed by atoms with Crippen molar-refractivity contribution < 1.29 is 9.59 Å². The van der Waals surface area contributed by atoms with Crippen LogP contribution in [-0.2, 0) is 9.59 Å². The summed E-state index contributed by atoms with van der Waals surface area (Å²) < 4.78 is 0. The number of carbonyl (C=O) groups excluding carboxylic acids is 2. The number of hydrogen-bond acceptors (Lipinski definition) is 3. The summed E-state index contributed by atoms with van der Waals surface area (Å²) in [6, 6.07) is 9.35. The van der Waals surface area contributed by atoms with Gasteiger partial charge in [0.1, 0.15) is 5.78 Å². The first-order chi connectivity index (χ1) is 9.00. The lowest BCUT2D eigenvalue weighted by molar-refractivity contribution is -0.122. The molecule has 4 nitrogen and oxygen atoms in total. The van der Waals surface area contributed by atoms with E-state index in [-0.39, 0.29) is 23.5 Å². The van der Waals surface area contributed by atoms with E-state index < -0.39 is 0 Å². The minimum Gasteiger partial charge on any atom is -0.326 e. The Hall–Kier alpha value is -1.68. The third kappa shape index (κ3) is 5.66. The molecule has 0 saturated heterocycles. The van der Waals surface area contributed by atoms with E-state index in [1.165, 1.54) is 0 Å². The van der Waals surface area contributed by atoms with Gasteiger partial charge in [0.25, 0.3) is 0 Å². The Balaban J connectivity index is 2.31. The maximum atomic E-state index is 11.9. The molecule has 1 rings (SSSR count). The zero-order valence-corrected chi connectivity index (χ0v) is 11.8. The summed E-state index contributed by atoms with van der Waals surface area (Å²) in [6.45, 7) is 6.40. The fraction of sp³-hybridized carbons (Fsp3) is 0.467. The van der Waals surface area contributed by atoms with Crippen LogP contribution in [-0.4, -0.2) is 24.8 Å². The minimum atomic E-state index is -0.180. The molecule has 1 unspecified atom stereocenters. The summed E-state index contributed by atoms with van der Waals surface area (Å²) in [6.07, 6.45) is 0. The molecule has 4 heteroatoms. The summed E-state index contributed by atoms with van der Waals surface area (Å²) in [5.41, 5.74) is 0.789. The number of amides is 1.